The summed E-state index contributed by atoms with van der Waals surface area (Å²) in [6, 6.07) is 12.0. The zero-order valence-electron chi connectivity index (χ0n) is 10.8. The molecule has 0 radical (unpaired) electrons. The van der Waals surface area contributed by atoms with E-state index in [1.165, 1.54) is 7.11 Å². The number of aromatic nitrogens is 2. The number of benzene rings is 1. The van der Waals surface area contributed by atoms with Crippen LogP contribution in [0.25, 0.3) is 16.9 Å². The molecule has 0 spiro atoms. The van der Waals surface area contributed by atoms with Crippen LogP contribution in [0.1, 0.15) is 10.5 Å². The highest BCUT2D eigenvalue weighted by Crippen LogP contribution is 2.23. The molecular weight excluding hydrogens is 256 g/mol. The quantitative estimate of drug-likeness (QED) is 0.725. The van der Waals surface area contributed by atoms with Crippen molar-refractivity contribution in [3.8, 4) is 17.0 Å². The highest BCUT2D eigenvalue weighted by atomic mass is 16.5. The van der Waals surface area contributed by atoms with Crippen molar-refractivity contribution in [1.29, 1.82) is 0 Å². The zero-order chi connectivity index (χ0) is 14.1. The molecule has 5 heteroatoms. The second-order valence-corrected chi connectivity index (χ2v) is 4.31. The molecule has 1 N–H and O–H groups in total. The molecule has 0 aliphatic rings. The number of fused-ring (bicyclic) bond motifs is 1. The predicted octanol–water partition coefficient (Wildman–Crippen LogP) is 2.49. The van der Waals surface area contributed by atoms with E-state index in [0.29, 0.717) is 17.0 Å². The summed E-state index contributed by atoms with van der Waals surface area (Å²) in [6.07, 6.45) is 1.75. The van der Waals surface area contributed by atoms with Gasteiger partial charge >= 0.3 is 5.97 Å². The van der Waals surface area contributed by atoms with E-state index in [1.807, 2.05) is 6.07 Å². The molecule has 0 unspecified atom stereocenters. The van der Waals surface area contributed by atoms with Gasteiger partial charge in [-0.2, -0.15) is 0 Å². The lowest BCUT2D eigenvalue weighted by Gasteiger charge is -2.01. The molecule has 3 aromatic rings. The third-order valence-electron chi connectivity index (χ3n) is 3.03. The Bertz CT molecular complexity index is 793. The van der Waals surface area contributed by atoms with E-state index in [2.05, 4.69) is 4.98 Å². The maximum atomic E-state index is 11.7. The summed E-state index contributed by atoms with van der Waals surface area (Å²) in [5.41, 5.74) is 2.51. The van der Waals surface area contributed by atoms with Gasteiger partial charge in [-0.15, -0.1) is 0 Å². The maximum absolute atomic E-state index is 11.7. The first-order chi connectivity index (χ1) is 9.69. The fourth-order valence-corrected chi connectivity index (χ4v) is 2.09. The minimum Gasteiger partial charge on any atom is -0.508 e. The number of pyridine rings is 1. The van der Waals surface area contributed by atoms with E-state index in [1.54, 1.807) is 47.0 Å². The van der Waals surface area contributed by atoms with E-state index < -0.39 is 5.97 Å². The van der Waals surface area contributed by atoms with Gasteiger partial charge in [0, 0.05) is 11.8 Å². The number of ether oxygens (including phenoxy) is 1. The molecule has 0 bridgehead atoms. The molecule has 3 rings (SSSR count). The van der Waals surface area contributed by atoms with E-state index in [9.17, 15) is 9.90 Å². The highest BCUT2D eigenvalue weighted by Gasteiger charge is 2.12. The van der Waals surface area contributed by atoms with E-state index in [-0.39, 0.29) is 5.75 Å². The third-order valence-corrected chi connectivity index (χ3v) is 3.03. The molecular formula is C15H12N2O3. The number of phenolic OH excluding ortho intramolecular Hbond substituents is 1. The number of carbonyl (C=O) groups is 1. The van der Waals surface area contributed by atoms with Crippen molar-refractivity contribution in [2.45, 2.75) is 0 Å². The number of phenols is 1. The monoisotopic (exact) mass is 268 g/mol. The van der Waals surface area contributed by atoms with Gasteiger partial charge in [0.15, 0.2) is 0 Å². The molecule has 5 nitrogen and oxygen atoms in total. The second-order valence-electron chi connectivity index (χ2n) is 4.31. The lowest BCUT2D eigenvalue weighted by Crippen LogP contribution is -2.06. The minimum atomic E-state index is -0.421. The number of methoxy groups -OCH3 is 1. The Morgan fingerprint density at radius 1 is 1.25 bits per heavy atom. The smallest absolute Gasteiger partial charge is 0.355 e. The van der Waals surface area contributed by atoms with Crippen LogP contribution < -0.4 is 0 Å². The lowest BCUT2D eigenvalue weighted by atomic mass is 10.1. The van der Waals surface area contributed by atoms with Crippen molar-refractivity contribution in [2.24, 2.45) is 0 Å². The molecule has 100 valence electrons. The molecule has 0 fully saturated rings. The fraction of sp³-hybridized carbons (Fsp3) is 0.0667. The number of esters is 1. The van der Waals surface area contributed by atoms with Gasteiger partial charge in [0.05, 0.1) is 12.8 Å². The van der Waals surface area contributed by atoms with Crippen LogP contribution in [0.5, 0.6) is 5.75 Å². The highest BCUT2D eigenvalue weighted by molar-refractivity contribution is 5.88. The van der Waals surface area contributed by atoms with Crippen LogP contribution in [0.15, 0.2) is 48.7 Å². The summed E-state index contributed by atoms with van der Waals surface area (Å²) < 4.78 is 6.42. The number of imidazole rings is 1. The van der Waals surface area contributed by atoms with E-state index >= 15 is 0 Å². The number of carbonyl (C=O) groups excluding carboxylic acids is 1. The van der Waals surface area contributed by atoms with Crippen LogP contribution >= 0.6 is 0 Å². The zero-order valence-corrected chi connectivity index (χ0v) is 10.8. The van der Waals surface area contributed by atoms with Crippen LogP contribution in [0.3, 0.4) is 0 Å². The lowest BCUT2D eigenvalue weighted by molar-refractivity contribution is 0.0592. The average molecular weight is 268 g/mol. The van der Waals surface area contributed by atoms with Crippen molar-refractivity contribution in [3.63, 3.8) is 0 Å². The molecule has 0 atom stereocenters. The van der Waals surface area contributed by atoms with Gasteiger partial charge in [-0.05, 0) is 24.3 Å². The topological polar surface area (TPSA) is 63.8 Å². The van der Waals surface area contributed by atoms with Crippen molar-refractivity contribution in [2.75, 3.05) is 7.11 Å². The van der Waals surface area contributed by atoms with Gasteiger partial charge in [0.2, 0.25) is 0 Å². The third kappa shape index (κ3) is 1.99. The molecule has 0 aliphatic carbocycles. The number of aromatic hydroxyl groups is 1. The van der Waals surface area contributed by atoms with Crippen LogP contribution in [0.2, 0.25) is 0 Å². The Morgan fingerprint density at radius 2 is 2.05 bits per heavy atom. The van der Waals surface area contributed by atoms with Crippen LogP contribution in [0.4, 0.5) is 0 Å². The molecule has 0 saturated heterocycles. The average Bonchev–Trinajstić information content (AvgIpc) is 2.90. The van der Waals surface area contributed by atoms with E-state index in [0.717, 1.165) is 5.56 Å². The van der Waals surface area contributed by atoms with Gasteiger partial charge in [-0.3, -0.25) is 4.40 Å². The summed E-state index contributed by atoms with van der Waals surface area (Å²) in [4.78, 5) is 16.2. The van der Waals surface area contributed by atoms with Crippen molar-refractivity contribution in [3.05, 3.63) is 54.4 Å². The van der Waals surface area contributed by atoms with Crippen LogP contribution in [-0.2, 0) is 4.74 Å². The minimum absolute atomic E-state index is 0.174. The number of hydrogen-bond acceptors (Lipinski definition) is 4. The molecule has 0 saturated carbocycles. The molecule has 2 heterocycles. The Morgan fingerprint density at radius 3 is 2.80 bits per heavy atom. The Labute approximate surface area is 115 Å². The van der Waals surface area contributed by atoms with Crippen molar-refractivity contribution in [1.82, 2.24) is 9.38 Å². The largest absolute Gasteiger partial charge is 0.508 e. The molecule has 20 heavy (non-hydrogen) atoms. The number of hydrogen-bond donors (Lipinski definition) is 1. The predicted molar refractivity (Wildman–Crippen MR) is 73.6 cm³/mol. The second kappa shape index (κ2) is 4.70. The van der Waals surface area contributed by atoms with Crippen molar-refractivity contribution < 1.29 is 14.6 Å². The van der Waals surface area contributed by atoms with E-state index in [4.69, 9.17) is 4.74 Å². The molecule has 2 aromatic heterocycles. The molecule has 1 aromatic carbocycles. The number of rotatable bonds is 2. The Kier molecular flexibility index (Phi) is 2.87. The first-order valence-corrected chi connectivity index (χ1v) is 6.05. The Hall–Kier alpha value is -2.82. The van der Waals surface area contributed by atoms with Crippen molar-refractivity contribution >= 4 is 11.6 Å². The summed E-state index contributed by atoms with van der Waals surface area (Å²) in [5, 5.41) is 9.52. The molecule has 0 amide bonds. The summed E-state index contributed by atoms with van der Waals surface area (Å²) in [5.74, 6) is -0.247. The first-order valence-electron chi connectivity index (χ1n) is 6.05. The van der Waals surface area contributed by atoms with Crippen LogP contribution in [0, 0.1) is 0 Å². The normalized spacial score (nSPS) is 10.7. The van der Waals surface area contributed by atoms with Gasteiger partial charge in [-0.1, -0.05) is 18.2 Å². The van der Waals surface area contributed by atoms with Crippen LogP contribution in [-0.4, -0.2) is 27.6 Å². The van der Waals surface area contributed by atoms with Gasteiger partial charge < -0.3 is 9.84 Å². The Balaban J connectivity index is 2.18. The van der Waals surface area contributed by atoms with Gasteiger partial charge in [0.1, 0.15) is 17.1 Å². The standard InChI is InChI=1S/C15H12N2O3/c1-20-15(19)13-6-3-7-14-16-12(9-17(13)14)10-4-2-5-11(18)8-10/h2-9,18H,1H3. The fourth-order valence-electron chi connectivity index (χ4n) is 2.09. The molecule has 0 aliphatic heterocycles. The summed E-state index contributed by atoms with van der Waals surface area (Å²) in [6.45, 7) is 0. The number of nitrogens with zero attached hydrogens (tertiary/aromatic N) is 2. The first kappa shape index (κ1) is 12.2. The summed E-state index contributed by atoms with van der Waals surface area (Å²) >= 11 is 0. The van der Waals surface area contributed by atoms with Gasteiger partial charge in [-0.25, -0.2) is 9.78 Å². The maximum Gasteiger partial charge on any atom is 0.355 e. The summed E-state index contributed by atoms with van der Waals surface area (Å²) in [7, 11) is 1.34. The SMILES string of the molecule is COC(=O)c1cccc2nc(-c3cccc(O)c3)cn12. The van der Waals surface area contributed by atoms with Gasteiger partial charge in [0.25, 0.3) is 0 Å².